The third-order valence-corrected chi connectivity index (χ3v) is 4.03. The number of hydrogen-bond acceptors (Lipinski definition) is 4. The number of carbonyl (C=O) groups excluding carboxylic acids is 1. The third-order valence-electron chi connectivity index (χ3n) is 4.03. The Morgan fingerprint density at radius 2 is 1.58 bits per heavy atom. The standard InChI is InChI=1S/C21H24O5/c1-5-14-8-6-7-9-17(14)21(25,19(23)24)16-12-10-15(11-13-16)18(22)26-20(2,3)4/h6-13,25H,5H2,1-4H3,(H,23,24). The fraction of sp³-hybridized carbons (Fsp3) is 0.333. The Morgan fingerprint density at radius 1 is 1.00 bits per heavy atom. The molecule has 0 amide bonds. The minimum Gasteiger partial charge on any atom is -0.479 e. The summed E-state index contributed by atoms with van der Waals surface area (Å²) in [5.74, 6) is -1.87. The molecule has 0 spiro atoms. The Morgan fingerprint density at radius 3 is 2.08 bits per heavy atom. The molecular formula is C21H24O5. The van der Waals surface area contributed by atoms with Crippen LogP contribution in [-0.4, -0.2) is 27.8 Å². The fourth-order valence-corrected chi connectivity index (χ4v) is 2.76. The van der Waals surface area contributed by atoms with Crippen molar-refractivity contribution < 1.29 is 24.5 Å². The summed E-state index contributed by atoms with van der Waals surface area (Å²) in [4.78, 5) is 24.1. The van der Waals surface area contributed by atoms with E-state index in [1.54, 1.807) is 45.0 Å². The Kier molecular flexibility index (Phi) is 5.52. The van der Waals surface area contributed by atoms with Crippen molar-refractivity contribution in [2.45, 2.75) is 45.3 Å². The van der Waals surface area contributed by atoms with E-state index in [4.69, 9.17) is 4.74 Å². The highest BCUT2D eigenvalue weighted by molar-refractivity contribution is 5.90. The molecule has 2 rings (SSSR count). The largest absolute Gasteiger partial charge is 0.479 e. The number of ether oxygens (including phenoxy) is 1. The number of aryl methyl sites for hydroxylation is 1. The predicted molar refractivity (Wildman–Crippen MR) is 98.1 cm³/mol. The van der Waals surface area contributed by atoms with E-state index in [0.717, 1.165) is 5.56 Å². The highest BCUT2D eigenvalue weighted by Crippen LogP contribution is 2.33. The smallest absolute Gasteiger partial charge is 0.345 e. The molecule has 1 atom stereocenters. The van der Waals surface area contributed by atoms with Gasteiger partial charge in [-0.05, 0) is 50.5 Å². The van der Waals surface area contributed by atoms with Crippen LogP contribution in [0, 0.1) is 0 Å². The average molecular weight is 356 g/mol. The van der Waals surface area contributed by atoms with Gasteiger partial charge >= 0.3 is 11.9 Å². The molecule has 0 aliphatic carbocycles. The predicted octanol–water partition coefficient (Wildman–Crippen LogP) is 3.52. The lowest BCUT2D eigenvalue weighted by Crippen LogP contribution is -2.37. The Hall–Kier alpha value is -2.66. The molecule has 1 unspecified atom stereocenters. The molecule has 0 bridgehead atoms. The zero-order chi connectivity index (χ0) is 19.5. The zero-order valence-corrected chi connectivity index (χ0v) is 15.4. The molecule has 138 valence electrons. The summed E-state index contributed by atoms with van der Waals surface area (Å²) in [6, 6.07) is 12.7. The maximum atomic E-state index is 12.1. The van der Waals surface area contributed by atoms with E-state index in [-0.39, 0.29) is 5.56 Å². The Balaban J connectivity index is 2.46. The highest BCUT2D eigenvalue weighted by atomic mass is 16.6. The maximum Gasteiger partial charge on any atom is 0.345 e. The first-order valence-corrected chi connectivity index (χ1v) is 8.47. The van der Waals surface area contributed by atoms with E-state index in [2.05, 4.69) is 0 Å². The van der Waals surface area contributed by atoms with Gasteiger partial charge < -0.3 is 14.9 Å². The Labute approximate surface area is 153 Å². The molecule has 0 saturated carbocycles. The number of carboxylic acids is 1. The van der Waals surface area contributed by atoms with E-state index < -0.39 is 23.1 Å². The van der Waals surface area contributed by atoms with E-state index >= 15 is 0 Å². The van der Waals surface area contributed by atoms with Crippen LogP contribution in [0.3, 0.4) is 0 Å². The fourth-order valence-electron chi connectivity index (χ4n) is 2.76. The first kappa shape index (κ1) is 19.7. The van der Waals surface area contributed by atoms with Crippen LogP contribution in [0.2, 0.25) is 0 Å². The molecule has 0 aliphatic heterocycles. The molecule has 2 aromatic rings. The van der Waals surface area contributed by atoms with Gasteiger partial charge in [0.2, 0.25) is 5.60 Å². The van der Waals surface area contributed by atoms with Crippen molar-refractivity contribution in [2.75, 3.05) is 0 Å². The molecule has 0 aliphatic rings. The number of benzene rings is 2. The summed E-state index contributed by atoms with van der Waals surface area (Å²) in [6.07, 6.45) is 0.585. The van der Waals surface area contributed by atoms with Crippen molar-refractivity contribution in [3.8, 4) is 0 Å². The van der Waals surface area contributed by atoms with Gasteiger partial charge in [-0.25, -0.2) is 9.59 Å². The van der Waals surface area contributed by atoms with Gasteiger partial charge in [-0.3, -0.25) is 0 Å². The number of aliphatic hydroxyl groups is 1. The minimum atomic E-state index is -2.20. The number of rotatable bonds is 5. The lowest BCUT2D eigenvalue weighted by molar-refractivity contribution is -0.155. The Bertz CT molecular complexity index is 802. The lowest BCUT2D eigenvalue weighted by atomic mass is 9.83. The van der Waals surface area contributed by atoms with Crippen molar-refractivity contribution >= 4 is 11.9 Å². The number of carboxylic acid groups (broad SMARTS) is 1. The quantitative estimate of drug-likeness (QED) is 0.801. The third kappa shape index (κ3) is 3.94. The van der Waals surface area contributed by atoms with Gasteiger partial charge in [-0.15, -0.1) is 0 Å². The van der Waals surface area contributed by atoms with E-state index in [1.165, 1.54) is 24.3 Å². The molecular weight excluding hydrogens is 332 g/mol. The summed E-state index contributed by atoms with van der Waals surface area (Å²) in [7, 11) is 0. The van der Waals surface area contributed by atoms with Crippen LogP contribution in [0.15, 0.2) is 48.5 Å². The van der Waals surface area contributed by atoms with Crippen molar-refractivity contribution in [3.05, 3.63) is 70.8 Å². The van der Waals surface area contributed by atoms with Crippen molar-refractivity contribution in [3.63, 3.8) is 0 Å². The first-order chi connectivity index (χ1) is 12.1. The molecule has 0 saturated heterocycles. The highest BCUT2D eigenvalue weighted by Gasteiger charge is 2.41. The van der Waals surface area contributed by atoms with Crippen molar-refractivity contribution in [2.24, 2.45) is 0 Å². The number of carbonyl (C=O) groups is 2. The second-order valence-electron chi connectivity index (χ2n) is 7.11. The molecule has 2 N–H and O–H groups in total. The molecule has 26 heavy (non-hydrogen) atoms. The monoisotopic (exact) mass is 356 g/mol. The van der Waals surface area contributed by atoms with Crippen LogP contribution in [-0.2, 0) is 21.6 Å². The summed E-state index contributed by atoms with van der Waals surface area (Å²) in [5, 5.41) is 20.8. The van der Waals surface area contributed by atoms with Gasteiger partial charge in [0.1, 0.15) is 5.60 Å². The second-order valence-corrected chi connectivity index (χ2v) is 7.11. The van der Waals surface area contributed by atoms with Gasteiger partial charge in [-0.2, -0.15) is 0 Å². The molecule has 0 radical (unpaired) electrons. The summed E-state index contributed by atoms with van der Waals surface area (Å²) in [5.41, 5.74) is -1.29. The van der Waals surface area contributed by atoms with Gasteiger partial charge in [0.25, 0.3) is 0 Å². The topological polar surface area (TPSA) is 83.8 Å². The van der Waals surface area contributed by atoms with Crippen LogP contribution in [0.5, 0.6) is 0 Å². The molecule has 0 aromatic heterocycles. The molecule has 0 fully saturated rings. The van der Waals surface area contributed by atoms with Gasteiger partial charge in [-0.1, -0.05) is 43.3 Å². The van der Waals surface area contributed by atoms with E-state index in [0.29, 0.717) is 17.5 Å². The average Bonchev–Trinajstić information content (AvgIpc) is 2.59. The maximum absolute atomic E-state index is 12.1. The van der Waals surface area contributed by atoms with Gasteiger partial charge in [0.15, 0.2) is 0 Å². The zero-order valence-electron chi connectivity index (χ0n) is 15.4. The van der Waals surface area contributed by atoms with Crippen LogP contribution >= 0.6 is 0 Å². The van der Waals surface area contributed by atoms with Crippen molar-refractivity contribution in [1.29, 1.82) is 0 Å². The van der Waals surface area contributed by atoms with Crippen LogP contribution < -0.4 is 0 Å². The van der Waals surface area contributed by atoms with Crippen LogP contribution in [0.1, 0.15) is 54.7 Å². The number of hydrogen-bond donors (Lipinski definition) is 2. The summed E-state index contributed by atoms with van der Waals surface area (Å²) >= 11 is 0. The molecule has 5 heteroatoms. The van der Waals surface area contributed by atoms with Crippen molar-refractivity contribution in [1.82, 2.24) is 0 Å². The molecule has 0 heterocycles. The van der Waals surface area contributed by atoms with E-state index in [9.17, 15) is 19.8 Å². The lowest BCUT2D eigenvalue weighted by Gasteiger charge is -2.27. The normalized spacial score (nSPS) is 13.7. The van der Waals surface area contributed by atoms with Crippen LogP contribution in [0.25, 0.3) is 0 Å². The minimum absolute atomic E-state index is 0.179. The summed E-state index contributed by atoms with van der Waals surface area (Å²) in [6.45, 7) is 7.20. The van der Waals surface area contributed by atoms with Gasteiger partial charge in [0.05, 0.1) is 5.56 Å². The number of aliphatic carboxylic acids is 1. The summed E-state index contributed by atoms with van der Waals surface area (Å²) < 4.78 is 5.30. The van der Waals surface area contributed by atoms with E-state index in [1.807, 2.05) is 6.92 Å². The first-order valence-electron chi connectivity index (χ1n) is 8.47. The number of esters is 1. The second kappa shape index (κ2) is 7.30. The van der Waals surface area contributed by atoms with Gasteiger partial charge in [0, 0.05) is 5.56 Å². The van der Waals surface area contributed by atoms with Crippen LogP contribution in [0.4, 0.5) is 0 Å². The molecule has 5 nitrogen and oxygen atoms in total. The molecule has 2 aromatic carbocycles. The SMILES string of the molecule is CCc1ccccc1C(O)(C(=O)O)c1ccc(C(=O)OC(C)(C)C)cc1.